The van der Waals surface area contributed by atoms with Gasteiger partial charge in [0.1, 0.15) is 11.2 Å². The van der Waals surface area contributed by atoms with Gasteiger partial charge in [0.25, 0.3) is 0 Å². The van der Waals surface area contributed by atoms with E-state index < -0.39 is 5.41 Å². The highest BCUT2D eigenvalue weighted by Crippen LogP contribution is 2.26. The molecule has 0 spiro atoms. The molecule has 0 bridgehead atoms. The Labute approximate surface area is 209 Å². The minimum atomic E-state index is -0.982. The summed E-state index contributed by atoms with van der Waals surface area (Å²) in [5.41, 5.74) is 2.73. The maximum atomic E-state index is 12.5. The topological polar surface area (TPSA) is 111 Å². The number of rotatable bonds is 6. The van der Waals surface area contributed by atoms with Gasteiger partial charge in [0.15, 0.2) is 0 Å². The summed E-state index contributed by atoms with van der Waals surface area (Å²) in [4.78, 5) is 25.8. The van der Waals surface area contributed by atoms with Gasteiger partial charge in [-0.25, -0.2) is 4.98 Å². The second-order valence-electron chi connectivity index (χ2n) is 9.42. The van der Waals surface area contributed by atoms with Crippen LogP contribution >= 0.6 is 0 Å². The normalized spacial score (nSPS) is 14.5. The SMILES string of the molecule is CC(C)(C#N)C(=O)N1CCN(Cc2ccc3cc(Oc4ccc(-c5ccn[nH]5)cn4)ccc3n2)CC1. The van der Waals surface area contributed by atoms with E-state index in [2.05, 4.69) is 32.2 Å². The Kier molecular flexibility index (Phi) is 6.36. The van der Waals surface area contributed by atoms with Crippen molar-refractivity contribution >= 4 is 16.8 Å². The Morgan fingerprint density at radius 3 is 2.64 bits per heavy atom. The second kappa shape index (κ2) is 9.76. The summed E-state index contributed by atoms with van der Waals surface area (Å²) in [5, 5.41) is 17.1. The molecular weight excluding hydrogens is 454 g/mol. The summed E-state index contributed by atoms with van der Waals surface area (Å²) in [6.07, 6.45) is 3.45. The predicted molar refractivity (Wildman–Crippen MR) is 135 cm³/mol. The summed E-state index contributed by atoms with van der Waals surface area (Å²) in [6, 6.07) is 17.6. The van der Waals surface area contributed by atoms with Crippen molar-refractivity contribution in [3.8, 4) is 29.0 Å². The van der Waals surface area contributed by atoms with Gasteiger partial charge in [-0.2, -0.15) is 10.4 Å². The van der Waals surface area contributed by atoms with Gasteiger partial charge in [-0.05, 0) is 50.2 Å². The lowest BCUT2D eigenvalue weighted by Crippen LogP contribution is -2.51. The highest BCUT2D eigenvalue weighted by atomic mass is 16.5. The molecule has 4 aromatic rings. The van der Waals surface area contributed by atoms with E-state index >= 15 is 0 Å². The zero-order valence-electron chi connectivity index (χ0n) is 20.3. The van der Waals surface area contributed by atoms with Crippen LogP contribution in [0.2, 0.25) is 0 Å². The van der Waals surface area contributed by atoms with Crippen LogP contribution < -0.4 is 4.74 Å². The van der Waals surface area contributed by atoms with Crippen molar-refractivity contribution in [2.24, 2.45) is 5.41 Å². The number of nitriles is 1. The number of hydrogen-bond acceptors (Lipinski definition) is 7. The number of nitrogens with one attached hydrogen (secondary N) is 1. The van der Waals surface area contributed by atoms with Gasteiger partial charge in [-0.1, -0.05) is 6.07 Å². The Morgan fingerprint density at radius 2 is 1.94 bits per heavy atom. The number of piperazine rings is 1. The summed E-state index contributed by atoms with van der Waals surface area (Å²) in [6.45, 7) is 6.81. The quantitative estimate of drug-likeness (QED) is 0.443. The predicted octanol–water partition coefficient (Wildman–Crippen LogP) is 4.01. The molecule has 0 atom stereocenters. The molecule has 1 N–H and O–H groups in total. The van der Waals surface area contributed by atoms with Crippen molar-refractivity contribution in [2.45, 2.75) is 20.4 Å². The molecule has 0 unspecified atom stereocenters. The molecule has 5 rings (SSSR count). The average molecular weight is 482 g/mol. The number of fused-ring (bicyclic) bond motifs is 1. The van der Waals surface area contributed by atoms with Crippen molar-refractivity contribution in [1.29, 1.82) is 5.26 Å². The molecule has 0 saturated carbocycles. The van der Waals surface area contributed by atoms with Crippen LogP contribution in [0.25, 0.3) is 22.2 Å². The van der Waals surface area contributed by atoms with Crippen LogP contribution in [0.15, 0.2) is 60.9 Å². The van der Waals surface area contributed by atoms with E-state index in [0.29, 0.717) is 31.3 Å². The van der Waals surface area contributed by atoms with Crippen LogP contribution in [0, 0.1) is 16.7 Å². The molecule has 1 aliphatic heterocycles. The molecule has 3 aromatic heterocycles. The molecular formula is C27H27N7O2. The number of benzene rings is 1. The molecule has 4 heterocycles. The number of nitrogens with zero attached hydrogens (tertiary/aromatic N) is 6. The number of ether oxygens (including phenoxy) is 1. The van der Waals surface area contributed by atoms with Crippen molar-refractivity contribution in [3.63, 3.8) is 0 Å². The first kappa shape index (κ1) is 23.5. The minimum Gasteiger partial charge on any atom is -0.439 e. The van der Waals surface area contributed by atoms with Gasteiger partial charge < -0.3 is 9.64 Å². The summed E-state index contributed by atoms with van der Waals surface area (Å²) in [5.74, 6) is 1.10. The number of amides is 1. The molecule has 1 fully saturated rings. The zero-order valence-corrected chi connectivity index (χ0v) is 20.3. The molecule has 1 aliphatic rings. The highest BCUT2D eigenvalue weighted by Gasteiger charge is 2.33. The van der Waals surface area contributed by atoms with Crippen molar-refractivity contribution in [1.82, 2.24) is 30.0 Å². The number of aromatic nitrogens is 4. The number of carbonyl (C=O) groups excluding carboxylic acids is 1. The molecule has 1 aromatic carbocycles. The molecule has 1 amide bonds. The Hall–Kier alpha value is -4.29. The van der Waals surface area contributed by atoms with Gasteiger partial charge in [-0.3, -0.25) is 19.8 Å². The van der Waals surface area contributed by atoms with Crippen LogP contribution in [0.3, 0.4) is 0 Å². The lowest BCUT2D eigenvalue weighted by molar-refractivity contribution is -0.139. The van der Waals surface area contributed by atoms with Gasteiger partial charge in [-0.15, -0.1) is 0 Å². The first-order chi connectivity index (χ1) is 17.4. The molecule has 9 nitrogen and oxygen atoms in total. The molecule has 36 heavy (non-hydrogen) atoms. The fourth-order valence-electron chi connectivity index (χ4n) is 4.22. The maximum Gasteiger partial charge on any atom is 0.242 e. The van der Waals surface area contributed by atoms with E-state index in [-0.39, 0.29) is 5.91 Å². The fourth-order valence-corrected chi connectivity index (χ4v) is 4.22. The van der Waals surface area contributed by atoms with Crippen molar-refractivity contribution in [2.75, 3.05) is 26.2 Å². The lowest BCUT2D eigenvalue weighted by Gasteiger charge is -2.36. The lowest BCUT2D eigenvalue weighted by atomic mass is 9.93. The third-order valence-corrected chi connectivity index (χ3v) is 6.35. The van der Waals surface area contributed by atoms with E-state index in [9.17, 15) is 10.1 Å². The smallest absolute Gasteiger partial charge is 0.242 e. The molecule has 9 heteroatoms. The first-order valence-corrected chi connectivity index (χ1v) is 11.9. The van der Waals surface area contributed by atoms with Gasteiger partial charge in [0, 0.05) is 62.1 Å². The average Bonchev–Trinajstić information content (AvgIpc) is 3.44. The molecule has 1 saturated heterocycles. The second-order valence-corrected chi connectivity index (χ2v) is 9.42. The first-order valence-electron chi connectivity index (χ1n) is 11.9. The number of hydrogen-bond donors (Lipinski definition) is 1. The Bertz CT molecular complexity index is 1400. The van der Waals surface area contributed by atoms with E-state index in [1.54, 1.807) is 31.1 Å². The van der Waals surface area contributed by atoms with Crippen LogP contribution in [-0.4, -0.2) is 62.1 Å². The van der Waals surface area contributed by atoms with E-state index in [1.165, 1.54) is 0 Å². The third kappa shape index (κ3) is 5.04. The zero-order chi connectivity index (χ0) is 25.1. The van der Waals surface area contributed by atoms with Gasteiger partial charge in [0.2, 0.25) is 11.8 Å². The number of pyridine rings is 2. The number of H-pyrrole nitrogens is 1. The number of aromatic amines is 1. The van der Waals surface area contributed by atoms with Crippen molar-refractivity contribution < 1.29 is 9.53 Å². The van der Waals surface area contributed by atoms with E-state index in [1.807, 2.05) is 42.5 Å². The summed E-state index contributed by atoms with van der Waals surface area (Å²) < 4.78 is 5.95. The van der Waals surface area contributed by atoms with Crippen LogP contribution in [-0.2, 0) is 11.3 Å². The molecule has 0 radical (unpaired) electrons. The third-order valence-electron chi connectivity index (χ3n) is 6.35. The van der Waals surface area contributed by atoms with Crippen LogP contribution in [0.1, 0.15) is 19.5 Å². The maximum absolute atomic E-state index is 12.5. The molecule has 0 aliphatic carbocycles. The fraction of sp³-hybridized carbons (Fsp3) is 0.296. The van der Waals surface area contributed by atoms with E-state index in [0.717, 1.165) is 40.9 Å². The van der Waals surface area contributed by atoms with Crippen LogP contribution in [0.5, 0.6) is 11.6 Å². The largest absolute Gasteiger partial charge is 0.439 e. The highest BCUT2D eigenvalue weighted by molar-refractivity contribution is 5.84. The monoisotopic (exact) mass is 481 g/mol. The summed E-state index contributed by atoms with van der Waals surface area (Å²) in [7, 11) is 0. The van der Waals surface area contributed by atoms with E-state index in [4.69, 9.17) is 9.72 Å². The van der Waals surface area contributed by atoms with Gasteiger partial charge in [0.05, 0.1) is 23.0 Å². The van der Waals surface area contributed by atoms with Crippen molar-refractivity contribution in [3.05, 3.63) is 66.6 Å². The molecule has 182 valence electrons. The standard InChI is InChI=1S/C27H27N7O2/c1-27(2,18-28)26(35)34-13-11-33(12-14-34)17-21-5-3-19-15-22(6-7-23(19)31-21)36-25-8-4-20(16-29-25)24-9-10-30-32-24/h3-10,15-16H,11-14,17H2,1-2H3,(H,30,32). The summed E-state index contributed by atoms with van der Waals surface area (Å²) >= 11 is 0. The minimum absolute atomic E-state index is 0.101. The van der Waals surface area contributed by atoms with Crippen LogP contribution in [0.4, 0.5) is 0 Å². The number of carbonyl (C=O) groups is 1. The van der Waals surface area contributed by atoms with Gasteiger partial charge >= 0.3 is 0 Å². The Balaban J connectivity index is 1.20. The Morgan fingerprint density at radius 1 is 1.11 bits per heavy atom.